The first kappa shape index (κ1) is 11.9. The van der Waals surface area contributed by atoms with Crippen molar-refractivity contribution >= 4 is 18.1 Å². The highest BCUT2D eigenvalue weighted by Gasteiger charge is 2.08. The van der Waals surface area contributed by atoms with E-state index < -0.39 is 0 Å². The average Bonchev–Trinajstić information content (AvgIpc) is 2.26. The van der Waals surface area contributed by atoms with Gasteiger partial charge in [0.15, 0.2) is 0 Å². The quantitative estimate of drug-likeness (QED) is 0.674. The van der Waals surface area contributed by atoms with Gasteiger partial charge in [0.2, 0.25) is 0 Å². The van der Waals surface area contributed by atoms with Crippen LogP contribution in [-0.2, 0) is 0 Å². The van der Waals surface area contributed by atoms with Crippen molar-refractivity contribution in [1.29, 1.82) is 0 Å². The van der Waals surface area contributed by atoms with E-state index in [2.05, 4.69) is 10.3 Å². The SMILES string of the molecule is CC(CO)CNC(=O)c1ccc[nH]c1=S. The van der Waals surface area contributed by atoms with Crippen LogP contribution in [0, 0.1) is 10.6 Å². The highest BCUT2D eigenvalue weighted by molar-refractivity contribution is 7.71. The summed E-state index contributed by atoms with van der Waals surface area (Å²) in [6.07, 6.45) is 1.68. The predicted octanol–water partition coefficient (Wildman–Crippen LogP) is 1.10. The van der Waals surface area contributed by atoms with E-state index in [1.165, 1.54) is 0 Å². The van der Waals surface area contributed by atoms with Crippen LogP contribution in [0.1, 0.15) is 17.3 Å². The molecule has 1 rings (SSSR count). The molecule has 0 aliphatic carbocycles. The molecule has 0 fully saturated rings. The van der Waals surface area contributed by atoms with Gasteiger partial charge in [0.25, 0.3) is 5.91 Å². The smallest absolute Gasteiger partial charge is 0.254 e. The van der Waals surface area contributed by atoms with Crippen molar-refractivity contribution in [1.82, 2.24) is 10.3 Å². The van der Waals surface area contributed by atoms with Crippen molar-refractivity contribution in [3.63, 3.8) is 0 Å². The zero-order valence-corrected chi connectivity index (χ0v) is 9.30. The van der Waals surface area contributed by atoms with Gasteiger partial charge in [-0.05, 0) is 18.1 Å². The highest BCUT2D eigenvalue weighted by atomic mass is 32.1. The Morgan fingerprint density at radius 3 is 3.07 bits per heavy atom. The third-order valence-electron chi connectivity index (χ3n) is 1.99. The fourth-order valence-electron chi connectivity index (χ4n) is 1.03. The summed E-state index contributed by atoms with van der Waals surface area (Å²) < 4.78 is 0.423. The van der Waals surface area contributed by atoms with E-state index in [1.807, 2.05) is 6.92 Å². The second-order valence-electron chi connectivity index (χ2n) is 3.41. The fraction of sp³-hybridized carbons (Fsp3) is 0.400. The maximum Gasteiger partial charge on any atom is 0.254 e. The number of carbonyl (C=O) groups is 1. The zero-order chi connectivity index (χ0) is 11.3. The third-order valence-corrected chi connectivity index (χ3v) is 2.32. The number of carbonyl (C=O) groups excluding carboxylic acids is 1. The number of aromatic nitrogens is 1. The molecule has 1 amide bonds. The Bertz CT molecular complexity index is 389. The van der Waals surface area contributed by atoms with E-state index in [1.54, 1.807) is 18.3 Å². The van der Waals surface area contributed by atoms with Crippen LogP contribution in [0.3, 0.4) is 0 Å². The topological polar surface area (TPSA) is 65.1 Å². The van der Waals surface area contributed by atoms with Crippen molar-refractivity contribution in [2.45, 2.75) is 6.92 Å². The van der Waals surface area contributed by atoms with E-state index in [0.29, 0.717) is 16.7 Å². The van der Waals surface area contributed by atoms with Gasteiger partial charge in [0.05, 0.1) is 5.56 Å². The molecular weight excluding hydrogens is 212 g/mol. The monoisotopic (exact) mass is 226 g/mol. The minimum atomic E-state index is -0.211. The lowest BCUT2D eigenvalue weighted by Gasteiger charge is -2.09. The maximum absolute atomic E-state index is 11.6. The molecule has 0 aromatic carbocycles. The highest BCUT2D eigenvalue weighted by Crippen LogP contribution is 1.99. The first-order valence-electron chi connectivity index (χ1n) is 4.72. The molecule has 3 N–H and O–H groups in total. The molecule has 0 aliphatic rings. The maximum atomic E-state index is 11.6. The van der Waals surface area contributed by atoms with Gasteiger partial charge in [-0.2, -0.15) is 0 Å². The van der Waals surface area contributed by atoms with Crippen molar-refractivity contribution in [2.24, 2.45) is 5.92 Å². The van der Waals surface area contributed by atoms with Gasteiger partial charge in [-0.1, -0.05) is 19.1 Å². The molecule has 15 heavy (non-hydrogen) atoms. The lowest BCUT2D eigenvalue weighted by atomic mass is 10.2. The van der Waals surface area contributed by atoms with E-state index in [0.717, 1.165) is 0 Å². The molecule has 1 heterocycles. The number of hydrogen-bond donors (Lipinski definition) is 3. The molecule has 1 aromatic heterocycles. The van der Waals surface area contributed by atoms with Gasteiger partial charge < -0.3 is 15.4 Å². The molecule has 4 nitrogen and oxygen atoms in total. The van der Waals surface area contributed by atoms with Crippen LogP contribution in [0.2, 0.25) is 0 Å². The van der Waals surface area contributed by atoms with Crippen LogP contribution in [0.25, 0.3) is 0 Å². The largest absolute Gasteiger partial charge is 0.396 e. The summed E-state index contributed by atoms with van der Waals surface area (Å²) in [4.78, 5) is 14.4. The van der Waals surface area contributed by atoms with Crippen molar-refractivity contribution < 1.29 is 9.90 Å². The summed E-state index contributed by atoms with van der Waals surface area (Å²) in [7, 11) is 0. The number of pyridine rings is 1. The summed E-state index contributed by atoms with van der Waals surface area (Å²) in [6, 6.07) is 3.39. The van der Waals surface area contributed by atoms with E-state index in [9.17, 15) is 4.79 Å². The molecule has 1 unspecified atom stereocenters. The minimum absolute atomic E-state index is 0.0511. The molecule has 0 spiro atoms. The molecule has 0 radical (unpaired) electrons. The van der Waals surface area contributed by atoms with Crippen molar-refractivity contribution in [3.8, 4) is 0 Å². The Kier molecular flexibility index (Phi) is 4.45. The second-order valence-corrected chi connectivity index (χ2v) is 3.82. The van der Waals surface area contributed by atoms with Crippen LogP contribution in [-0.4, -0.2) is 29.1 Å². The number of aromatic amines is 1. The van der Waals surface area contributed by atoms with E-state index >= 15 is 0 Å². The number of amides is 1. The number of nitrogens with one attached hydrogen (secondary N) is 2. The van der Waals surface area contributed by atoms with Gasteiger partial charge in [0, 0.05) is 19.3 Å². The summed E-state index contributed by atoms with van der Waals surface area (Å²) in [5.41, 5.74) is 0.456. The lowest BCUT2D eigenvalue weighted by Crippen LogP contribution is -2.29. The fourth-order valence-corrected chi connectivity index (χ4v) is 1.26. The molecule has 0 bridgehead atoms. The minimum Gasteiger partial charge on any atom is -0.396 e. The number of H-pyrrole nitrogens is 1. The normalized spacial score (nSPS) is 12.1. The van der Waals surface area contributed by atoms with Crippen LogP contribution >= 0.6 is 12.2 Å². The average molecular weight is 226 g/mol. The molecule has 0 saturated heterocycles. The van der Waals surface area contributed by atoms with Gasteiger partial charge in [-0.25, -0.2) is 0 Å². The van der Waals surface area contributed by atoms with Gasteiger partial charge in [-0.15, -0.1) is 0 Å². The number of aliphatic hydroxyl groups is 1. The Balaban J connectivity index is 2.62. The molecule has 1 atom stereocenters. The molecule has 1 aromatic rings. The predicted molar refractivity (Wildman–Crippen MR) is 60.2 cm³/mol. The zero-order valence-electron chi connectivity index (χ0n) is 8.49. The van der Waals surface area contributed by atoms with Crippen LogP contribution in [0.15, 0.2) is 18.3 Å². The summed E-state index contributed by atoms with van der Waals surface area (Å²) in [5, 5.41) is 11.5. The Hall–Kier alpha value is -1.20. The number of aliphatic hydroxyl groups excluding tert-OH is 1. The lowest BCUT2D eigenvalue weighted by molar-refractivity contribution is 0.0941. The Morgan fingerprint density at radius 1 is 1.73 bits per heavy atom. The number of rotatable bonds is 4. The molecule has 0 aliphatic heterocycles. The molecule has 0 saturated carbocycles. The standard InChI is InChI=1S/C10H14N2O2S/c1-7(6-13)5-12-9(14)8-3-2-4-11-10(8)15/h2-4,7,13H,5-6H2,1H3,(H,11,15)(H,12,14). The van der Waals surface area contributed by atoms with Crippen molar-refractivity contribution in [2.75, 3.05) is 13.2 Å². The summed E-state index contributed by atoms with van der Waals surface area (Å²) >= 11 is 4.97. The van der Waals surface area contributed by atoms with Crippen LogP contribution < -0.4 is 5.32 Å². The van der Waals surface area contributed by atoms with E-state index in [-0.39, 0.29) is 18.4 Å². The molecular formula is C10H14N2O2S. The third kappa shape index (κ3) is 3.45. The van der Waals surface area contributed by atoms with Crippen molar-refractivity contribution in [3.05, 3.63) is 28.5 Å². The van der Waals surface area contributed by atoms with Gasteiger partial charge >= 0.3 is 0 Å². The first-order valence-corrected chi connectivity index (χ1v) is 5.12. The van der Waals surface area contributed by atoms with Crippen LogP contribution in [0.5, 0.6) is 0 Å². The first-order chi connectivity index (χ1) is 7.15. The second kappa shape index (κ2) is 5.63. The van der Waals surface area contributed by atoms with Crippen LogP contribution in [0.4, 0.5) is 0 Å². The molecule has 5 heteroatoms. The summed E-state index contributed by atoms with van der Waals surface area (Å²) in [5.74, 6) is -0.160. The number of hydrogen-bond acceptors (Lipinski definition) is 3. The van der Waals surface area contributed by atoms with Gasteiger partial charge in [-0.3, -0.25) is 4.79 Å². The van der Waals surface area contributed by atoms with E-state index in [4.69, 9.17) is 17.3 Å². The van der Waals surface area contributed by atoms with Gasteiger partial charge in [0.1, 0.15) is 4.64 Å². The Morgan fingerprint density at radius 2 is 2.47 bits per heavy atom. The molecule has 82 valence electrons. The Labute approximate surface area is 93.3 Å². The summed E-state index contributed by atoms with van der Waals surface area (Å²) in [6.45, 7) is 2.35.